The van der Waals surface area contributed by atoms with Gasteiger partial charge in [-0.2, -0.15) is 18.3 Å². The number of alkyl halides is 5. The molecule has 0 radical (unpaired) electrons. The molecule has 11 heteroatoms. The van der Waals surface area contributed by atoms with E-state index in [0.29, 0.717) is 22.2 Å². The summed E-state index contributed by atoms with van der Waals surface area (Å²) in [5.74, 6) is -3.51. The monoisotopic (exact) mass is 499 g/mol. The molecule has 1 aliphatic rings. The van der Waals surface area contributed by atoms with Crippen molar-refractivity contribution in [1.82, 2.24) is 24.5 Å². The van der Waals surface area contributed by atoms with Crippen LogP contribution >= 0.6 is 0 Å². The zero-order valence-electron chi connectivity index (χ0n) is 24.2. The summed E-state index contributed by atoms with van der Waals surface area (Å²) in [6, 6.07) is 1.50. The Morgan fingerprint density at radius 3 is 2.66 bits per heavy atom. The molecule has 4 heterocycles. The van der Waals surface area contributed by atoms with E-state index < -0.39 is 43.8 Å². The first-order valence-corrected chi connectivity index (χ1v) is 10.9. The molecule has 1 saturated carbocycles. The molecule has 0 amide bonds. The highest BCUT2D eigenvalue weighted by atomic mass is 19.4. The van der Waals surface area contributed by atoms with Gasteiger partial charge in [0.2, 0.25) is 5.92 Å². The van der Waals surface area contributed by atoms with Gasteiger partial charge in [-0.05, 0) is 38.5 Å². The summed E-state index contributed by atoms with van der Waals surface area (Å²) in [4.78, 5) is 4.44. The van der Waals surface area contributed by atoms with Crippen molar-refractivity contribution in [2.45, 2.75) is 64.6 Å². The molecule has 4 aromatic rings. The van der Waals surface area contributed by atoms with E-state index in [1.165, 1.54) is 24.7 Å². The average Bonchev–Trinajstić information content (AvgIpc) is 3.56. The van der Waals surface area contributed by atoms with Gasteiger partial charge in [-0.25, -0.2) is 8.78 Å². The Morgan fingerprint density at radius 1 is 1.14 bits per heavy atom. The fourth-order valence-electron chi connectivity index (χ4n) is 4.56. The van der Waals surface area contributed by atoms with E-state index in [9.17, 15) is 22.0 Å². The minimum Gasteiger partial charge on any atom is -0.361 e. The smallest absolute Gasteiger partial charge is 0.361 e. The molecule has 5 rings (SSSR count). The van der Waals surface area contributed by atoms with Crippen LogP contribution in [-0.4, -0.2) is 36.6 Å². The highest BCUT2D eigenvalue weighted by molar-refractivity contribution is 5.94. The molecule has 0 aromatic carbocycles. The third-order valence-corrected chi connectivity index (χ3v) is 6.27. The molecule has 0 N–H and O–H groups in total. The molecular weight excluding hydrogens is 469 g/mol. The van der Waals surface area contributed by atoms with Gasteiger partial charge in [0.15, 0.2) is 0 Å². The number of halogens is 5. The van der Waals surface area contributed by atoms with Gasteiger partial charge in [0.25, 0.3) is 0 Å². The molecule has 35 heavy (non-hydrogen) atoms. The second-order valence-electron chi connectivity index (χ2n) is 8.86. The highest BCUT2D eigenvalue weighted by Crippen LogP contribution is 2.39. The summed E-state index contributed by atoms with van der Waals surface area (Å²) < 4.78 is 121. The zero-order chi connectivity index (χ0) is 30.0. The summed E-state index contributed by atoms with van der Waals surface area (Å²) in [6.07, 6.45) is 0.787. The van der Waals surface area contributed by atoms with Gasteiger partial charge in [0.1, 0.15) is 12.3 Å². The Bertz CT molecular complexity index is 1530. The number of fused-ring (bicyclic) bond motifs is 1. The Balaban J connectivity index is 1.64. The Labute approximate surface area is 206 Å². The molecule has 186 valence electrons. The number of aryl methyl sites for hydroxylation is 2. The van der Waals surface area contributed by atoms with Crippen LogP contribution in [0.25, 0.3) is 33.3 Å². The van der Waals surface area contributed by atoms with E-state index in [0.717, 1.165) is 4.68 Å². The molecule has 4 aromatic heterocycles. The summed E-state index contributed by atoms with van der Waals surface area (Å²) in [6.45, 7) is -6.68. The normalized spacial score (nSPS) is 20.1. The molecule has 0 atom stereocenters. The van der Waals surface area contributed by atoms with Gasteiger partial charge >= 0.3 is 6.18 Å². The van der Waals surface area contributed by atoms with Crippen molar-refractivity contribution in [3.63, 3.8) is 0 Å². The lowest BCUT2D eigenvalue weighted by Gasteiger charge is -2.28. The van der Waals surface area contributed by atoms with Crippen LogP contribution in [0.1, 0.15) is 45.4 Å². The SMILES string of the molecule is [2H]C([2H])([2H])c1noc(C([2H])([2H])[2H])c1-c1cnc2c(-c3cnn(CC(F)(F)F)c3)cn(CC3CCC(F)(F)CC3)c2c1. The quantitative estimate of drug-likeness (QED) is 0.292. The Morgan fingerprint density at radius 2 is 1.94 bits per heavy atom. The molecule has 6 nitrogen and oxygen atoms in total. The lowest BCUT2D eigenvalue weighted by molar-refractivity contribution is -0.142. The maximum atomic E-state index is 13.8. The molecule has 0 spiro atoms. The van der Waals surface area contributed by atoms with Crippen molar-refractivity contribution >= 4 is 11.0 Å². The molecular formula is C24H24F5N5O. The maximum Gasteiger partial charge on any atom is 0.408 e. The number of hydrogen-bond donors (Lipinski definition) is 0. The lowest BCUT2D eigenvalue weighted by Crippen LogP contribution is -2.26. The summed E-state index contributed by atoms with van der Waals surface area (Å²) in [7, 11) is 0. The van der Waals surface area contributed by atoms with Crippen LogP contribution in [0, 0.1) is 19.6 Å². The summed E-state index contributed by atoms with van der Waals surface area (Å²) >= 11 is 0. The van der Waals surface area contributed by atoms with Crippen LogP contribution in [0.3, 0.4) is 0 Å². The average molecular weight is 500 g/mol. The fraction of sp³-hybridized carbons (Fsp3) is 0.458. The van der Waals surface area contributed by atoms with Gasteiger partial charge in [-0.1, -0.05) is 5.16 Å². The largest absolute Gasteiger partial charge is 0.408 e. The number of rotatable bonds is 5. The molecule has 1 fully saturated rings. The van der Waals surface area contributed by atoms with Crippen molar-refractivity contribution in [2.24, 2.45) is 5.92 Å². The predicted octanol–water partition coefficient (Wildman–Crippen LogP) is 6.56. The van der Waals surface area contributed by atoms with Crippen LogP contribution in [0.4, 0.5) is 22.0 Å². The Kier molecular flexibility index (Phi) is 4.16. The fourth-order valence-corrected chi connectivity index (χ4v) is 4.56. The minimum absolute atomic E-state index is 0.0878. The Hall–Kier alpha value is -3.24. The number of pyridine rings is 1. The van der Waals surface area contributed by atoms with Crippen LogP contribution in [0.5, 0.6) is 0 Å². The van der Waals surface area contributed by atoms with Gasteiger partial charge in [0.05, 0.1) is 22.9 Å². The van der Waals surface area contributed by atoms with E-state index >= 15 is 0 Å². The molecule has 0 bridgehead atoms. The van der Waals surface area contributed by atoms with Crippen LogP contribution in [-0.2, 0) is 13.1 Å². The number of nitrogens with zero attached hydrogens (tertiary/aromatic N) is 5. The van der Waals surface area contributed by atoms with Crippen LogP contribution in [0.2, 0.25) is 0 Å². The first-order chi connectivity index (χ1) is 18.9. The summed E-state index contributed by atoms with van der Waals surface area (Å²) in [5.41, 5.74) is 0.722. The maximum absolute atomic E-state index is 13.8. The van der Waals surface area contributed by atoms with Crippen LogP contribution in [0.15, 0.2) is 35.4 Å². The van der Waals surface area contributed by atoms with Gasteiger partial charge in [-0.15, -0.1) is 0 Å². The van der Waals surface area contributed by atoms with E-state index in [2.05, 4.69) is 15.2 Å². The van der Waals surface area contributed by atoms with Crippen LogP contribution < -0.4 is 0 Å². The highest BCUT2D eigenvalue weighted by Gasteiger charge is 2.35. The molecule has 0 aliphatic heterocycles. The van der Waals surface area contributed by atoms with Gasteiger partial charge in [-0.3, -0.25) is 9.67 Å². The standard InChI is InChI=1S/C24H24F5N5O/c1-14-21(15(2)35-32-14)17-7-20-22(30-8-17)19(18-9-31-34(11-18)13-24(27,28)29)12-33(20)10-16-3-5-23(25,26)6-4-16/h7-9,11-12,16H,3-6,10,13H2,1-2H3/i1D3,2D3. The summed E-state index contributed by atoms with van der Waals surface area (Å²) in [5, 5.41) is 7.31. The topological polar surface area (TPSA) is 61.7 Å². The van der Waals surface area contributed by atoms with E-state index in [4.69, 9.17) is 12.7 Å². The third kappa shape index (κ3) is 4.81. The van der Waals surface area contributed by atoms with Crippen molar-refractivity contribution in [3.05, 3.63) is 42.3 Å². The first-order valence-electron chi connectivity index (χ1n) is 13.9. The van der Waals surface area contributed by atoms with Crippen molar-refractivity contribution in [1.29, 1.82) is 0 Å². The number of hydrogen-bond acceptors (Lipinski definition) is 4. The van der Waals surface area contributed by atoms with Crippen molar-refractivity contribution < 1.29 is 34.7 Å². The first kappa shape index (κ1) is 17.2. The molecule has 1 aliphatic carbocycles. The second kappa shape index (κ2) is 8.46. The van der Waals surface area contributed by atoms with Gasteiger partial charge in [0, 0.05) is 68.5 Å². The predicted molar refractivity (Wildman–Crippen MR) is 119 cm³/mol. The lowest BCUT2D eigenvalue weighted by atomic mass is 9.87. The second-order valence-corrected chi connectivity index (χ2v) is 8.86. The minimum atomic E-state index is -4.49. The molecule has 0 unspecified atom stereocenters. The van der Waals surface area contributed by atoms with E-state index in [-0.39, 0.29) is 49.3 Å². The van der Waals surface area contributed by atoms with Crippen molar-refractivity contribution in [2.75, 3.05) is 0 Å². The third-order valence-electron chi connectivity index (χ3n) is 6.27. The zero-order valence-corrected chi connectivity index (χ0v) is 18.2. The van der Waals surface area contributed by atoms with Gasteiger partial charge < -0.3 is 9.09 Å². The number of aromatic nitrogens is 5. The molecule has 0 saturated heterocycles. The van der Waals surface area contributed by atoms with E-state index in [1.54, 1.807) is 10.8 Å². The van der Waals surface area contributed by atoms with Crippen molar-refractivity contribution in [3.8, 4) is 22.3 Å². The van der Waals surface area contributed by atoms with E-state index in [1.807, 2.05) is 0 Å².